The van der Waals surface area contributed by atoms with Gasteiger partial charge in [-0.3, -0.25) is 23.7 Å². The monoisotopic (exact) mass is 861 g/mol. The maximum atomic E-state index is 11.8. The molecule has 16 heteroatoms. The van der Waals surface area contributed by atoms with E-state index in [9.17, 15) is 14.4 Å². The summed E-state index contributed by atoms with van der Waals surface area (Å²) in [5.41, 5.74) is 8.27. The van der Waals surface area contributed by atoms with Crippen LogP contribution >= 0.6 is 46.4 Å². The van der Waals surface area contributed by atoms with E-state index in [1.54, 1.807) is 22.0 Å². The van der Waals surface area contributed by atoms with Crippen LogP contribution < -0.4 is 5.32 Å². The zero-order valence-electron chi connectivity index (χ0n) is 38.3. The van der Waals surface area contributed by atoms with E-state index in [1.807, 2.05) is 62.6 Å². The maximum absolute atomic E-state index is 11.8. The van der Waals surface area contributed by atoms with Crippen molar-refractivity contribution >= 4 is 74.7 Å². The molecule has 0 saturated heterocycles. The van der Waals surface area contributed by atoms with Crippen molar-refractivity contribution in [1.29, 1.82) is 1.43 Å². The topological polar surface area (TPSA) is 148 Å². The molecule has 12 nitrogen and oxygen atoms in total. The number of alkyl halides is 3. The number of carboxylic acids is 1. The van der Waals surface area contributed by atoms with Crippen molar-refractivity contribution in [3.63, 3.8) is 0 Å². The Morgan fingerprint density at radius 1 is 0.754 bits per heavy atom. The summed E-state index contributed by atoms with van der Waals surface area (Å²) in [5, 5.41) is 13.9. The molecule has 0 fully saturated rings. The van der Waals surface area contributed by atoms with Gasteiger partial charge in [-0.1, -0.05) is 96.6 Å². The number of carbonyl (C=O) groups is 3. The van der Waals surface area contributed by atoms with Crippen molar-refractivity contribution in [1.82, 2.24) is 39.7 Å². The average Bonchev–Trinajstić information content (AvgIpc) is 3.91. The van der Waals surface area contributed by atoms with Gasteiger partial charge in [-0.05, 0) is 60.2 Å². The first-order valence-electron chi connectivity index (χ1n) is 20.7. The highest BCUT2D eigenvalue weighted by atomic mass is 35.5. The number of carbonyl (C=O) groups excluding carboxylic acids is 2. The molecule has 0 unspecified atom stereocenters. The Balaban J connectivity index is 0.000000237. The van der Waals surface area contributed by atoms with Gasteiger partial charge in [0.1, 0.15) is 24.3 Å². The zero-order valence-corrected chi connectivity index (χ0v) is 34.4. The molecule has 2 aliphatic heterocycles. The first-order valence-corrected chi connectivity index (χ1v) is 18.8. The molecule has 2 N–H and O–H groups in total. The number of amides is 1. The lowest BCUT2D eigenvalue weighted by atomic mass is 9.98. The average molecular weight is 864 g/mol. The number of aryl methyl sites for hydroxylation is 3. The van der Waals surface area contributed by atoms with E-state index in [1.165, 1.54) is 21.6 Å². The predicted octanol–water partition coefficient (Wildman–Crippen LogP) is 7.49. The number of hydrogen-bond donors (Lipinski definition) is 2. The predicted molar refractivity (Wildman–Crippen MR) is 229 cm³/mol. The maximum Gasteiger partial charge on any atom is 0.318 e. The smallest absolute Gasteiger partial charge is 0.318 e. The molecular formula is C41H46Cl4N8O4. The second kappa shape index (κ2) is 25.4. The number of halogens is 4. The van der Waals surface area contributed by atoms with Gasteiger partial charge in [0, 0.05) is 44.9 Å². The van der Waals surface area contributed by atoms with Crippen LogP contribution in [0.1, 0.15) is 37.8 Å². The minimum absolute atomic E-state index is 0.365. The minimum atomic E-state index is -2.57. The first kappa shape index (κ1) is 36.5. The Morgan fingerprint density at radius 3 is 1.58 bits per heavy atom. The molecule has 1 amide bonds. The third kappa shape index (κ3) is 17.0. The van der Waals surface area contributed by atoms with Crippen LogP contribution in [-0.4, -0.2) is 100 Å². The summed E-state index contributed by atoms with van der Waals surface area (Å²) in [6.45, 7) is 4.94. The fraction of sp³-hybridized carbons (Fsp3) is 0.293. The molecule has 0 spiro atoms. The Kier molecular flexibility index (Phi) is 16.3. The van der Waals surface area contributed by atoms with E-state index >= 15 is 0 Å². The van der Waals surface area contributed by atoms with Gasteiger partial charge in [0.15, 0.2) is 11.6 Å². The Labute approximate surface area is 363 Å². The molecule has 2 aromatic heterocycles. The Morgan fingerprint density at radius 2 is 1.26 bits per heavy atom. The van der Waals surface area contributed by atoms with Gasteiger partial charge in [0.05, 0.1) is 14.1 Å². The van der Waals surface area contributed by atoms with Gasteiger partial charge in [0.25, 0.3) is 1.43 Å². The van der Waals surface area contributed by atoms with E-state index in [4.69, 9.17) is 44.5 Å². The lowest BCUT2D eigenvalue weighted by Gasteiger charge is -2.26. The first-order chi connectivity index (χ1) is 30.0. The van der Waals surface area contributed by atoms with Crippen molar-refractivity contribution in [3.8, 4) is 22.8 Å². The molecule has 4 heterocycles. The summed E-state index contributed by atoms with van der Waals surface area (Å²) in [7, 11) is 3.71. The van der Waals surface area contributed by atoms with Crippen LogP contribution in [0.3, 0.4) is 0 Å². The van der Waals surface area contributed by atoms with Crippen LogP contribution in [0.5, 0.6) is 0 Å². The van der Waals surface area contributed by atoms with E-state index in [-0.39, 0.29) is 0 Å². The molecule has 2 aliphatic rings. The van der Waals surface area contributed by atoms with E-state index in [0.717, 1.165) is 47.6 Å². The molecule has 5 aromatic rings. The lowest BCUT2D eigenvalue weighted by Crippen LogP contribution is -2.35. The Bertz CT molecular complexity index is 2330. The molecule has 0 saturated carbocycles. The quantitative estimate of drug-likeness (QED) is 0.126. The third-order valence-electron chi connectivity index (χ3n) is 7.96. The summed E-state index contributed by atoms with van der Waals surface area (Å²) in [5.74, 6) is -7.94. The Hall–Kier alpha value is -4.85. The van der Waals surface area contributed by atoms with Crippen LogP contribution in [0.25, 0.3) is 35.4 Å². The van der Waals surface area contributed by atoms with Crippen molar-refractivity contribution in [2.24, 2.45) is 14.1 Å². The molecular weight excluding hydrogens is 810 g/mol. The zero-order chi connectivity index (χ0) is 47.7. The van der Waals surface area contributed by atoms with Crippen LogP contribution in [0, 0.1) is 6.92 Å². The summed E-state index contributed by atoms with van der Waals surface area (Å²) in [6, 6.07) is 26.7. The fourth-order valence-corrected chi connectivity index (χ4v) is 5.32. The summed E-state index contributed by atoms with van der Waals surface area (Å²) >= 11 is 19.5. The molecule has 3 aromatic carbocycles. The van der Waals surface area contributed by atoms with E-state index in [0.29, 0.717) is 25.3 Å². The normalized spacial score (nSPS) is 15.5. The van der Waals surface area contributed by atoms with Crippen molar-refractivity contribution in [2.75, 3.05) is 43.7 Å². The number of aliphatic carboxylic acids is 1. The minimum Gasteiger partial charge on any atom is -0.480 e. The van der Waals surface area contributed by atoms with Crippen LogP contribution in [0.4, 0.5) is 0 Å². The van der Waals surface area contributed by atoms with Gasteiger partial charge in [-0.25, -0.2) is 9.97 Å². The van der Waals surface area contributed by atoms with Gasteiger partial charge in [-0.2, -0.15) is 10.2 Å². The fourth-order valence-electron chi connectivity index (χ4n) is 5.20. The summed E-state index contributed by atoms with van der Waals surface area (Å²) in [4.78, 5) is 41.4. The molecule has 302 valence electrons. The highest BCUT2D eigenvalue weighted by Crippen LogP contribution is 2.25. The summed E-state index contributed by atoms with van der Waals surface area (Å²) < 4.78 is 49.3. The van der Waals surface area contributed by atoms with Gasteiger partial charge in [0.2, 0.25) is 11.1 Å². The van der Waals surface area contributed by atoms with Gasteiger partial charge >= 0.3 is 5.97 Å². The lowest BCUT2D eigenvalue weighted by molar-refractivity contribution is -0.134. The number of nitrogens with zero attached hydrogens (tertiary/aromatic N) is 7. The van der Waals surface area contributed by atoms with Crippen LogP contribution in [0.15, 0.2) is 104 Å². The number of rotatable bonds is 7. The number of carboxylic acid groups (broad SMARTS) is 1. The van der Waals surface area contributed by atoms with E-state index < -0.39 is 34.6 Å². The second-order valence-electron chi connectivity index (χ2n) is 12.1. The largest absolute Gasteiger partial charge is 0.480 e. The van der Waals surface area contributed by atoms with Gasteiger partial charge < -0.3 is 15.3 Å². The highest BCUT2D eigenvalue weighted by Gasteiger charge is 2.17. The third-order valence-corrected chi connectivity index (χ3v) is 8.64. The van der Waals surface area contributed by atoms with Crippen molar-refractivity contribution in [2.45, 2.75) is 19.8 Å². The second-order valence-corrected chi connectivity index (χ2v) is 13.0. The van der Waals surface area contributed by atoms with Gasteiger partial charge in [-0.15, -0.1) is 34.8 Å². The molecule has 0 atom stereocenters. The number of hydrogen-bond acceptors (Lipinski definition) is 9. The molecule has 57 heavy (non-hydrogen) atoms. The SMILES string of the molecule is Cc1ccccc1.Cn1cnc(-c2ccc(C3=CCNCC3)cc2)n1.[2H]C([2H])(Cl)C(=O)Cl.[2H]C([2H])(Cl)C(=O)N1CC=C(c2ccc(-c3ncn(C)n3)cc2)CC1.[2H]OC(=O)C([2H])([2H])Cl. The molecule has 0 bridgehead atoms. The number of aromatic nitrogens is 6. The van der Waals surface area contributed by atoms with Crippen LogP contribution in [-0.2, 0) is 28.5 Å². The molecule has 0 radical (unpaired) electrons. The molecule has 7 rings (SSSR count). The van der Waals surface area contributed by atoms with Crippen molar-refractivity contribution in [3.05, 3.63) is 120 Å². The van der Waals surface area contributed by atoms with E-state index in [2.05, 4.69) is 91.6 Å². The van der Waals surface area contributed by atoms with Crippen molar-refractivity contribution < 1.29 is 27.7 Å². The number of benzene rings is 3. The molecule has 0 aliphatic carbocycles. The van der Waals surface area contributed by atoms with Crippen LogP contribution in [0.2, 0.25) is 0 Å². The summed E-state index contributed by atoms with van der Waals surface area (Å²) in [6.07, 6.45) is 9.35. The highest BCUT2D eigenvalue weighted by molar-refractivity contribution is 6.67. The number of nitrogens with one attached hydrogen (secondary N) is 1. The standard InChI is InChI=1S/C16H17ClN4O.C14H16N4.C7H8.C2H2Cl2O.C2H3ClO2/c1-20-11-18-16(19-20)14-4-2-12(3-5-14)13-6-8-21(9-7-13)15(22)10-17;1-18-10-16-14(17-18)13-4-2-11(3-5-13)12-6-8-15-9-7-12;1-7-5-3-2-4-6-7;2*3-1-2(4)5/h2-6,11H,7-10H2,1H3;2-6,10,15H,7-9H2,1H3;2-6H,1H3;1H2;1H2,(H,4,5)/i10D2;;;2*1D2/hD.